The Hall–Kier alpha value is -3.30. The second kappa shape index (κ2) is 8.15. The number of rotatable bonds is 6. The summed E-state index contributed by atoms with van der Waals surface area (Å²) in [6.45, 7) is 6.17. The van der Waals surface area contributed by atoms with Crippen LogP contribution < -0.4 is 19.9 Å². The van der Waals surface area contributed by atoms with Crippen molar-refractivity contribution in [2.75, 3.05) is 13.2 Å². The van der Waals surface area contributed by atoms with Gasteiger partial charge in [0, 0.05) is 11.6 Å². The van der Waals surface area contributed by atoms with Gasteiger partial charge in [0.25, 0.3) is 0 Å². The molecule has 1 aliphatic rings. The van der Waals surface area contributed by atoms with Crippen molar-refractivity contribution in [2.45, 2.75) is 12.8 Å². The van der Waals surface area contributed by atoms with Crippen molar-refractivity contribution in [3.05, 3.63) is 70.6 Å². The van der Waals surface area contributed by atoms with Crippen molar-refractivity contribution in [3.63, 3.8) is 0 Å². The Morgan fingerprint density at radius 2 is 2.14 bits per heavy atom. The minimum Gasteiger partial charge on any atom is -0.508 e. The number of halogens is 1. The molecule has 3 N–H and O–H groups in total. The number of nitriles is 1. The lowest BCUT2D eigenvalue weighted by atomic mass is 9.83. The summed E-state index contributed by atoms with van der Waals surface area (Å²) >= 11 is 6.46. The number of hydrogen-bond acceptors (Lipinski definition) is 6. The highest BCUT2D eigenvalue weighted by Crippen LogP contribution is 2.46. The molecule has 0 unspecified atom stereocenters. The molecule has 0 saturated carbocycles. The molecule has 2 aromatic carbocycles. The fourth-order valence-electron chi connectivity index (χ4n) is 3.09. The van der Waals surface area contributed by atoms with E-state index in [1.807, 2.05) is 6.92 Å². The van der Waals surface area contributed by atoms with Gasteiger partial charge in [-0.2, -0.15) is 5.26 Å². The third kappa shape index (κ3) is 3.57. The molecule has 0 fully saturated rings. The van der Waals surface area contributed by atoms with Gasteiger partial charge in [-0.15, -0.1) is 0 Å². The molecular formula is C21H19ClN2O4. The van der Waals surface area contributed by atoms with Gasteiger partial charge in [0.2, 0.25) is 5.88 Å². The molecule has 0 saturated heterocycles. The van der Waals surface area contributed by atoms with Gasteiger partial charge in [-0.3, -0.25) is 0 Å². The minimum atomic E-state index is -0.528. The lowest BCUT2D eigenvalue weighted by molar-refractivity contribution is 0.296. The number of nitrogens with two attached hydrogens (primary N) is 1. The summed E-state index contributed by atoms with van der Waals surface area (Å²) in [5.41, 5.74) is 7.58. The number of phenols is 1. The normalized spacial score (nSPS) is 15.2. The molecular weight excluding hydrogens is 380 g/mol. The van der Waals surface area contributed by atoms with Crippen LogP contribution in [0.15, 0.2) is 54.4 Å². The van der Waals surface area contributed by atoms with Crippen LogP contribution in [0, 0.1) is 11.3 Å². The summed E-state index contributed by atoms with van der Waals surface area (Å²) in [5.74, 6) is 0.718. The summed E-state index contributed by atoms with van der Waals surface area (Å²) < 4.78 is 16.9. The molecule has 1 atom stereocenters. The fraction of sp³-hybridized carbons (Fsp3) is 0.190. The topological polar surface area (TPSA) is 97.7 Å². The molecule has 28 heavy (non-hydrogen) atoms. The largest absolute Gasteiger partial charge is 0.508 e. The molecule has 6 nitrogen and oxygen atoms in total. The Morgan fingerprint density at radius 3 is 2.82 bits per heavy atom. The van der Waals surface area contributed by atoms with Gasteiger partial charge in [0.1, 0.15) is 29.7 Å². The van der Waals surface area contributed by atoms with Crippen LogP contribution in [-0.4, -0.2) is 18.3 Å². The summed E-state index contributed by atoms with van der Waals surface area (Å²) in [7, 11) is 0. The van der Waals surface area contributed by atoms with E-state index in [4.69, 9.17) is 31.5 Å². The number of aromatic hydroxyl groups is 1. The van der Waals surface area contributed by atoms with Crippen LogP contribution in [0.1, 0.15) is 24.0 Å². The van der Waals surface area contributed by atoms with Crippen molar-refractivity contribution in [1.29, 1.82) is 5.26 Å². The fourth-order valence-corrected chi connectivity index (χ4v) is 3.36. The van der Waals surface area contributed by atoms with Gasteiger partial charge >= 0.3 is 0 Å². The van der Waals surface area contributed by atoms with Crippen molar-refractivity contribution >= 4 is 11.6 Å². The van der Waals surface area contributed by atoms with Crippen molar-refractivity contribution < 1.29 is 19.3 Å². The second-order valence-corrected chi connectivity index (χ2v) is 6.42. The van der Waals surface area contributed by atoms with Crippen molar-refractivity contribution in [3.8, 4) is 29.1 Å². The van der Waals surface area contributed by atoms with E-state index in [0.29, 0.717) is 40.0 Å². The van der Waals surface area contributed by atoms with Crippen LogP contribution in [-0.2, 0) is 0 Å². The predicted octanol–water partition coefficient (Wildman–Crippen LogP) is 4.23. The van der Waals surface area contributed by atoms with E-state index in [-0.39, 0.29) is 23.8 Å². The highest BCUT2D eigenvalue weighted by Gasteiger charge is 2.32. The first-order valence-electron chi connectivity index (χ1n) is 8.60. The molecule has 0 aromatic heterocycles. The Labute approximate surface area is 168 Å². The number of fused-ring (bicyclic) bond motifs is 1. The van der Waals surface area contributed by atoms with E-state index in [9.17, 15) is 10.4 Å². The third-order valence-electron chi connectivity index (χ3n) is 4.21. The standard InChI is InChI=1S/C21H19ClN2O4/c1-3-7-27-20-16(22)8-12(9-18(20)26-4-2)19-14-6-5-13(25)10-17(14)28-21(24)15(19)11-23/h3,5-6,8-10,19,25H,1,4,7,24H2,2H3/t19-/m0/s1. The van der Waals surface area contributed by atoms with Crippen LogP contribution in [0.25, 0.3) is 0 Å². The zero-order valence-corrected chi connectivity index (χ0v) is 16.0. The van der Waals surface area contributed by atoms with Crippen molar-refractivity contribution in [2.24, 2.45) is 5.73 Å². The number of hydrogen-bond donors (Lipinski definition) is 2. The maximum absolute atomic E-state index is 9.76. The van der Waals surface area contributed by atoms with Gasteiger partial charge in [-0.25, -0.2) is 0 Å². The lowest BCUT2D eigenvalue weighted by Gasteiger charge is -2.27. The molecule has 144 valence electrons. The number of nitrogens with zero attached hydrogens (tertiary/aromatic N) is 1. The SMILES string of the molecule is C=CCOc1c(Cl)cc([C@@H]2C(C#N)=C(N)Oc3cc(O)ccc32)cc1OCC. The number of phenolic OH excluding ortho intramolecular Hbond substituents is 1. The Morgan fingerprint density at radius 1 is 1.36 bits per heavy atom. The maximum Gasteiger partial charge on any atom is 0.205 e. The average molecular weight is 399 g/mol. The zero-order valence-electron chi connectivity index (χ0n) is 15.2. The first-order chi connectivity index (χ1) is 13.5. The molecule has 1 heterocycles. The average Bonchev–Trinajstić information content (AvgIpc) is 2.66. The molecule has 0 radical (unpaired) electrons. The van der Waals surface area contributed by atoms with Crippen LogP contribution in [0.2, 0.25) is 5.02 Å². The van der Waals surface area contributed by atoms with E-state index in [1.54, 1.807) is 24.3 Å². The maximum atomic E-state index is 9.76. The van der Waals surface area contributed by atoms with Gasteiger partial charge in [0.05, 0.1) is 17.5 Å². The molecule has 0 bridgehead atoms. The van der Waals surface area contributed by atoms with Gasteiger partial charge in [-0.05, 0) is 30.7 Å². The monoisotopic (exact) mass is 398 g/mol. The van der Waals surface area contributed by atoms with E-state index < -0.39 is 5.92 Å². The highest BCUT2D eigenvalue weighted by atomic mass is 35.5. The molecule has 0 spiro atoms. The van der Waals surface area contributed by atoms with E-state index in [0.717, 1.165) is 0 Å². The Kier molecular flexibility index (Phi) is 5.67. The Bertz CT molecular complexity index is 995. The van der Waals surface area contributed by atoms with Gasteiger partial charge < -0.3 is 25.1 Å². The smallest absolute Gasteiger partial charge is 0.205 e. The minimum absolute atomic E-state index is 0.0216. The first kappa shape index (κ1) is 19.5. The summed E-state index contributed by atoms with van der Waals surface area (Å²) in [6.07, 6.45) is 1.61. The van der Waals surface area contributed by atoms with Crippen LogP contribution >= 0.6 is 11.6 Å². The molecule has 3 rings (SSSR count). The molecule has 1 aliphatic heterocycles. The molecule has 0 amide bonds. The second-order valence-electron chi connectivity index (χ2n) is 6.01. The zero-order chi connectivity index (χ0) is 20.3. The molecule has 0 aliphatic carbocycles. The lowest BCUT2D eigenvalue weighted by Crippen LogP contribution is -2.21. The molecule has 7 heteroatoms. The van der Waals surface area contributed by atoms with Gasteiger partial charge in [0.15, 0.2) is 11.5 Å². The van der Waals surface area contributed by atoms with Crippen molar-refractivity contribution in [1.82, 2.24) is 0 Å². The summed E-state index contributed by atoms with van der Waals surface area (Å²) in [4.78, 5) is 0. The number of ether oxygens (including phenoxy) is 3. The van der Waals surface area contributed by atoms with E-state index in [1.165, 1.54) is 12.1 Å². The predicted molar refractivity (Wildman–Crippen MR) is 106 cm³/mol. The summed E-state index contributed by atoms with van der Waals surface area (Å²) in [6, 6.07) is 10.3. The highest BCUT2D eigenvalue weighted by molar-refractivity contribution is 6.32. The number of allylic oxidation sites excluding steroid dienone is 1. The summed E-state index contributed by atoms with van der Waals surface area (Å²) in [5, 5.41) is 19.8. The van der Waals surface area contributed by atoms with E-state index >= 15 is 0 Å². The number of benzene rings is 2. The quantitative estimate of drug-likeness (QED) is 0.707. The van der Waals surface area contributed by atoms with Crippen LogP contribution in [0.5, 0.6) is 23.0 Å². The van der Waals surface area contributed by atoms with E-state index in [2.05, 4.69) is 12.6 Å². The van der Waals surface area contributed by atoms with Gasteiger partial charge in [-0.1, -0.05) is 30.3 Å². The van der Waals surface area contributed by atoms with Crippen LogP contribution in [0.3, 0.4) is 0 Å². The molecule has 2 aromatic rings. The third-order valence-corrected chi connectivity index (χ3v) is 4.49. The Balaban J connectivity index is 2.19. The first-order valence-corrected chi connectivity index (χ1v) is 8.98. The van der Waals surface area contributed by atoms with Crippen LogP contribution in [0.4, 0.5) is 0 Å².